The molecule has 1 aromatic rings. The molecule has 0 aromatic heterocycles. The molecule has 0 bridgehead atoms. The van der Waals surface area contributed by atoms with Crippen LogP contribution in [0.2, 0.25) is 0 Å². The fourth-order valence-corrected chi connectivity index (χ4v) is 5.70. The number of anilines is 1. The van der Waals surface area contributed by atoms with Crippen LogP contribution < -0.4 is 9.64 Å². The van der Waals surface area contributed by atoms with Gasteiger partial charge in [0, 0.05) is 24.7 Å². The van der Waals surface area contributed by atoms with Crippen molar-refractivity contribution in [1.82, 2.24) is 9.80 Å². The smallest absolute Gasteiger partial charge is 0.407 e. The van der Waals surface area contributed by atoms with Gasteiger partial charge in [-0.1, -0.05) is 20.8 Å². The highest BCUT2D eigenvalue weighted by molar-refractivity contribution is 6.05. The fraction of sp³-hybridized carbons (Fsp3) is 0.667. The first-order chi connectivity index (χ1) is 16.6. The number of rotatable bonds is 5. The summed E-state index contributed by atoms with van der Waals surface area (Å²) in [5.74, 6) is -0.0114. The standard InChI is InChI=1S/C27H41N3O6/c1-16(2)30(19-10-9-11-29(25(34)35)22(19)26(4,5)6)23(32)18-15-20-21(14-17(18)3)36-27(7,8)24(33)28(20)12-13-31/h14-16,19,22,31H,9-13H2,1-8H3,(H,34,35)/t19-,22?/m1/s1. The van der Waals surface area contributed by atoms with Gasteiger partial charge in [0.05, 0.1) is 24.4 Å². The second-order valence-corrected chi connectivity index (χ2v) is 11.7. The molecule has 1 unspecified atom stereocenters. The van der Waals surface area contributed by atoms with Crippen LogP contribution in [0.25, 0.3) is 0 Å². The van der Waals surface area contributed by atoms with E-state index in [1.165, 1.54) is 9.80 Å². The predicted molar refractivity (Wildman–Crippen MR) is 138 cm³/mol. The van der Waals surface area contributed by atoms with E-state index in [9.17, 15) is 24.6 Å². The fourth-order valence-electron chi connectivity index (χ4n) is 5.70. The number of hydrogen-bond donors (Lipinski definition) is 2. The van der Waals surface area contributed by atoms with E-state index in [-0.39, 0.29) is 48.5 Å². The van der Waals surface area contributed by atoms with Crippen LogP contribution in [0.3, 0.4) is 0 Å². The van der Waals surface area contributed by atoms with Crippen molar-refractivity contribution in [1.29, 1.82) is 0 Å². The van der Waals surface area contributed by atoms with E-state index < -0.39 is 11.7 Å². The maximum Gasteiger partial charge on any atom is 0.407 e. The highest BCUT2D eigenvalue weighted by atomic mass is 16.5. The highest BCUT2D eigenvalue weighted by Crippen LogP contribution is 2.41. The van der Waals surface area contributed by atoms with Crippen LogP contribution in [-0.2, 0) is 4.79 Å². The van der Waals surface area contributed by atoms with Crippen molar-refractivity contribution in [3.05, 3.63) is 23.3 Å². The van der Waals surface area contributed by atoms with E-state index in [1.807, 2.05) is 46.4 Å². The lowest BCUT2D eigenvalue weighted by atomic mass is 9.76. The van der Waals surface area contributed by atoms with Crippen molar-refractivity contribution in [2.45, 2.75) is 92.0 Å². The monoisotopic (exact) mass is 503 g/mol. The molecule has 3 amide bonds. The first-order valence-electron chi connectivity index (χ1n) is 12.7. The van der Waals surface area contributed by atoms with Crippen molar-refractivity contribution in [3.8, 4) is 5.75 Å². The van der Waals surface area contributed by atoms with Gasteiger partial charge in [0.25, 0.3) is 11.8 Å². The molecule has 1 fully saturated rings. The highest BCUT2D eigenvalue weighted by Gasteiger charge is 2.47. The number of aliphatic hydroxyl groups is 1. The number of carbonyl (C=O) groups excluding carboxylic acids is 2. The Kier molecular flexibility index (Phi) is 7.65. The summed E-state index contributed by atoms with van der Waals surface area (Å²) in [7, 11) is 0. The number of benzene rings is 1. The normalized spacial score (nSPS) is 21.8. The largest absolute Gasteiger partial charge is 0.476 e. The van der Waals surface area contributed by atoms with Crippen molar-refractivity contribution < 1.29 is 29.3 Å². The third-order valence-electron chi connectivity index (χ3n) is 7.16. The topological polar surface area (TPSA) is 111 Å². The second-order valence-electron chi connectivity index (χ2n) is 11.7. The lowest BCUT2D eigenvalue weighted by molar-refractivity contribution is -0.132. The molecule has 3 rings (SSSR count). The number of ether oxygens (including phenoxy) is 1. The van der Waals surface area contributed by atoms with E-state index in [4.69, 9.17) is 4.74 Å². The Morgan fingerprint density at radius 2 is 1.89 bits per heavy atom. The molecule has 0 saturated carbocycles. The van der Waals surface area contributed by atoms with Gasteiger partial charge in [-0.3, -0.25) is 9.59 Å². The van der Waals surface area contributed by atoms with Crippen LogP contribution >= 0.6 is 0 Å². The molecule has 0 aliphatic carbocycles. The van der Waals surface area contributed by atoms with Crippen LogP contribution in [0.1, 0.15) is 77.2 Å². The Bertz CT molecular complexity index is 1030. The average Bonchev–Trinajstić information content (AvgIpc) is 2.75. The molecule has 1 aromatic carbocycles. The SMILES string of the molecule is Cc1cc2c(cc1C(=O)N(C(C)C)[C@@H]1CCCN(C(=O)O)C1C(C)(C)C)N(CCO)C(=O)C(C)(C)O2. The van der Waals surface area contributed by atoms with E-state index in [1.54, 1.807) is 26.0 Å². The van der Waals surface area contributed by atoms with Crippen molar-refractivity contribution in [2.75, 3.05) is 24.6 Å². The summed E-state index contributed by atoms with van der Waals surface area (Å²) >= 11 is 0. The molecule has 2 heterocycles. The van der Waals surface area contributed by atoms with Gasteiger partial charge in [0.2, 0.25) is 0 Å². The maximum atomic E-state index is 14.2. The molecule has 2 aliphatic heterocycles. The van der Waals surface area contributed by atoms with Crippen molar-refractivity contribution >= 4 is 23.6 Å². The molecule has 1 saturated heterocycles. The first-order valence-corrected chi connectivity index (χ1v) is 12.7. The molecular weight excluding hydrogens is 462 g/mol. The zero-order valence-corrected chi connectivity index (χ0v) is 22.8. The summed E-state index contributed by atoms with van der Waals surface area (Å²) in [5, 5.41) is 19.5. The summed E-state index contributed by atoms with van der Waals surface area (Å²) in [6, 6.07) is 2.59. The third kappa shape index (κ3) is 5.03. The summed E-state index contributed by atoms with van der Waals surface area (Å²) in [4.78, 5) is 44.1. The van der Waals surface area contributed by atoms with Gasteiger partial charge < -0.3 is 29.6 Å². The second kappa shape index (κ2) is 9.92. The zero-order valence-electron chi connectivity index (χ0n) is 22.8. The number of nitrogens with zero attached hydrogens (tertiary/aromatic N) is 3. The first kappa shape index (κ1) is 27.8. The van der Waals surface area contributed by atoms with Gasteiger partial charge in [-0.05, 0) is 70.6 Å². The number of carboxylic acid groups (broad SMARTS) is 1. The quantitative estimate of drug-likeness (QED) is 0.631. The van der Waals surface area contributed by atoms with Crippen LogP contribution in [0.15, 0.2) is 12.1 Å². The minimum Gasteiger partial charge on any atom is -0.476 e. The van der Waals surface area contributed by atoms with E-state index >= 15 is 0 Å². The number of amides is 3. The number of aryl methyl sites for hydroxylation is 1. The Morgan fingerprint density at radius 3 is 2.42 bits per heavy atom. The van der Waals surface area contributed by atoms with Crippen LogP contribution in [0.4, 0.5) is 10.5 Å². The number of likely N-dealkylation sites (tertiary alicyclic amines) is 1. The lowest BCUT2D eigenvalue weighted by Crippen LogP contribution is -2.63. The third-order valence-corrected chi connectivity index (χ3v) is 7.16. The number of aliphatic hydroxyl groups excluding tert-OH is 1. The minimum absolute atomic E-state index is 0.0888. The molecule has 0 radical (unpaired) electrons. The summed E-state index contributed by atoms with van der Waals surface area (Å²) < 4.78 is 5.98. The average molecular weight is 504 g/mol. The Labute approximate surface area is 214 Å². The number of piperidine rings is 1. The van der Waals surface area contributed by atoms with Crippen LogP contribution in [0, 0.1) is 12.3 Å². The van der Waals surface area contributed by atoms with Gasteiger partial charge in [-0.15, -0.1) is 0 Å². The lowest BCUT2D eigenvalue weighted by Gasteiger charge is -2.51. The number of β-amino-alcohol motifs (C(OH)–C–C–N with tert-alkyl or cyclic N) is 1. The Hall–Kier alpha value is -2.81. The minimum atomic E-state index is -1.09. The van der Waals surface area contributed by atoms with E-state index in [0.29, 0.717) is 42.0 Å². The van der Waals surface area contributed by atoms with E-state index in [0.717, 1.165) is 0 Å². The molecule has 2 N–H and O–H groups in total. The number of fused-ring (bicyclic) bond motifs is 1. The molecule has 2 atom stereocenters. The molecule has 2 aliphatic rings. The molecule has 9 nitrogen and oxygen atoms in total. The zero-order chi connectivity index (χ0) is 27.2. The van der Waals surface area contributed by atoms with Gasteiger partial charge >= 0.3 is 6.09 Å². The van der Waals surface area contributed by atoms with Gasteiger partial charge in [-0.25, -0.2) is 4.79 Å². The van der Waals surface area contributed by atoms with Gasteiger partial charge in [0.1, 0.15) is 5.75 Å². The number of hydrogen-bond acceptors (Lipinski definition) is 5. The molecule has 9 heteroatoms. The Morgan fingerprint density at radius 1 is 1.25 bits per heavy atom. The molecule has 36 heavy (non-hydrogen) atoms. The summed E-state index contributed by atoms with van der Waals surface area (Å²) in [6.45, 7) is 15.4. The van der Waals surface area contributed by atoms with Gasteiger partial charge in [0.15, 0.2) is 5.60 Å². The number of carbonyl (C=O) groups is 3. The van der Waals surface area contributed by atoms with Crippen molar-refractivity contribution in [2.24, 2.45) is 5.41 Å². The Balaban J connectivity index is 2.10. The van der Waals surface area contributed by atoms with Gasteiger partial charge in [-0.2, -0.15) is 0 Å². The van der Waals surface area contributed by atoms with E-state index in [2.05, 4.69) is 0 Å². The summed E-state index contributed by atoms with van der Waals surface area (Å²) in [6.07, 6.45) is 0.399. The maximum absolute atomic E-state index is 14.2. The molecule has 200 valence electrons. The van der Waals surface area contributed by atoms with Crippen LogP contribution in [-0.4, -0.2) is 81.3 Å². The predicted octanol–water partition coefficient (Wildman–Crippen LogP) is 3.90. The van der Waals surface area contributed by atoms with Crippen LogP contribution in [0.5, 0.6) is 5.75 Å². The molecular formula is C27H41N3O6. The summed E-state index contributed by atoms with van der Waals surface area (Å²) in [5.41, 5.74) is 0.116. The van der Waals surface area contributed by atoms with Crippen molar-refractivity contribution in [3.63, 3.8) is 0 Å². The molecule has 0 spiro atoms.